The molecule has 94 valence electrons. The molecule has 1 aromatic rings. The van der Waals surface area contributed by atoms with Gasteiger partial charge in [0.1, 0.15) is 0 Å². The van der Waals surface area contributed by atoms with Crippen LogP contribution in [0.15, 0.2) is 18.2 Å². The number of aliphatic hydroxyl groups excluding tert-OH is 1. The van der Waals surface area contributed by atoms with Crippen molar-refractivity contribution in [2.45, 2.75) is 31.8 Å². The van der Waals surface area contributed by atoms with E-state index in [2.05, 4.69) is 5.32 Å². The number of aliphatic hydroxyl groups is 1. The van der Waals surface area contributed by atoms with E-state index < -0.39 is 0 Å². The molecule has 2 rings (SSSR count). The highest BCUT2D eigenvalue weighted by atomic mass is 19.1. The molecule has 0 bridgehead atoms. The van der Waals surface area contributed by atoms with E-state index >= 15 is 0 Å². The summed E-state index contributed by atoms with van der Waals surface area (Å²) in [7, 11) is 0. The van der Waals surface area contributed by atoms with Gasteiger partial charge < -0.3 is 15.2 Å². The Labute approximate surface area is 101 Å². The monoisotopic (exact) mass is 239 g/mol. The molecule has 3 nitrogen and oxygen atoms in total. The van der Waals surface area contributed by atoms with Gasteiger partial charge in [-0.1, -0.05) is 12.1 Å². The predicted molar refractivity (Wildman–Crippen MR) is 63.5 cm³/mol. The van der Waals surface area contributed by atoms with Crippen molar-refractivity contribution in [1.82, 2.24) is 5.32 Å². The molecule has 1 fully saturated rings. The largest absolute Gasteiger partial charge is 0.490 e. The minimum absolute atomic E-state index is 0.0596. The van der Waals surface area contributed by atoms with Gasteiger partial charge >= 0.3 is 0 Å². The van der Waals surface area contributed by atoms with Crippen LogP contribution in [-0.2, 0) is 6.54 Å². The van der Waals surface area contributed by atoms with E-state index in [0.29, 0.717) is 31.4 Å². The molecule has 0 aliphatic heterocycles. The highest BCUT2D eigenvalue weighted by Gasteiger charge is 2.21. The van der Waals surface area contributed by atoms with E-state index in [0.717, 1.165) is 5.56 Å². The van der Waals surface area contributed by atoms with Crippen molar-refractivity contribution in [2.24, 2.45) is 0 Å². The van der Waals surface area contributed by atoms with Crippen molar-refractivity contribution in [2.75, 3.05) is 13.2 Å². The molecule has 1 saturated carbocycles. The quantitative estimate of drug-likeness (QED) is 0.713. The number of hydrogen-bond donors (Lipinski definition) is 2. The van der Waals surface area contributed by atoms with Crippen LogP contribution in [0.3, 0.4) is 0 Å². The van der Waals surface area contributed by atoms with Gasteiger partial charge in [0.05, 0.1) is 6.61 Å². The molecule has 1 aliphatic carbocycles. The zero-order valence-electron chi connectivity index (χ0n) is 9.79. The van der Waals surface area contributed by atoms with Gasteiger partial charge in [-0.25, -0.2) is 4.39 Å². The van der Waals surface area contributed by atoms with E-state index in [1.807, 2.05) is 6.07 Å². The van der Waals surface area contributed by atoms with Crippen LogP contribution in [-0.4, -0.2) is 24.4 Å². The Bertz CT molecular complexity index is 366. The topological polar surface area (TPSA) is 41.5 Å². The van der Waals surface area contributed by atoms with Gasteiger partial charge in [-0.15, -0.1) is 0 Å². The SMILES string of the molecule is OCCCOc1c(F)cccc1CNC1CC1. The average molecular weight is 239 g/mol. The minimum Gasteiger partial charge on any atom is -0.490 e. The first-order valence-electron chi connectivity index (χ1n) is 6.05. The lowest BCUT2D eigenvalue weighted by Gasteiger charge is -2.12. The third-order valence-corrected chi connectivity index (χ3v) is 2.76. The van der Waals surface area contributed by atoms with Gasteiger partial charge in [-0.2, -0.15) is 0 Å². The molecule has 0 radical (unpaired) electrons. The Morgan fingerprint density at radius 2 is 2.24 bits per heavy atom. The van der Waals surface area contributed by atoms with Crippen LogP contribution < -0.4 is 10.1 Å². The predicted octanol–water partition coefficient (Wildman–Crippen LogP) is 1.84. The van der Waals surface area contributed by atoms with Crippen LogP contribution in [0, 0.1) is 5.82 Å². The Morgan fingerprint density at radius 3 is 2.94 bits per heavy atom. The maximum absolute atomic E-state index is 13.6. The third-order valence-electron chi connectivity index (χ3n) is 2.76. The fourth-order valence-electron chi connectivity index (χ4n) is 1.63. The van der Waals surface area contributed by atoms with Crippen molar-refractivity contribution < 1.29 is 14.2 Å². The van der Waals surface area contributed by atoms with Crippen LogP contribution in [0.5, 0.6) is 5.75 Å². The molecule has 0 unspecified atom stereocenters. The zero-order valence-corrected chi connectivity index (χ0v) is 9.79. The number of para-hydroxylation sites is 1. The summed E-state index contributed by atoms with van der Waals surface area (Å²) >= 11 is 0. The molecule has 0 heterocycles. The Hall–Kier alpha value is -1.13. The van der Waals surface area contributed by atoms with Crippen LogP contribution >= 0.6 is 0 Å². The second kappa shape index (κ2) is 5.98. The highest BCUT2D eigenvalue weighted by Crippen LogP contribution is 2.25. The fourth-order valence-corrected chi connectivity index (χ4v) is 1.63. The summed E-state index contributed by atoms with van der Waals surface area (Å²) in [5, 5.41) is 12.0. The molecule has 0 atom stereocenters. The van der Waals surface area contributed by atoms with E-state index in [1.165, 1.54) is 18.9 Å². The summed E-state index contributed by atoms with van der Waals surface area (Å²) in [6.45, 7) is 1.04. The molecule has 4 heteroatoms. The molecule has 17 heavy (non-hydrogen) atoms. The highest BCUT2D eigenvalue weighted by molar-refractivity contribution is 5.35. The molecule has 1 aliphatic rings. The molecule has 0 saturated heterocycles. The number of benzene rings is 1. The standard InChI is InChI=1S/C13H18FNO2/c14-12-4-1-3-10(9-15-11-5-6-11)13(12)17-8-2-7-16/h1,3-4,11,15-16H,2,5-9H2. The lowest BCUT2D eigenvalue weighted by atomic mass is 10.2. The first-order chi connectivity index (χ1) is 8.31. The summed E-state index contributed by atoms with van der Waals surface area (Å²) in [6, 6.07) is 5.54. The normalized spacial score (nSPS) is 14.9. The smallest absolute Gasteiger partial charge is 0.165 e. The molecular weight excluding hydrogens is 221 g/mol. The van der Waals surface area contributed by atoms with Crippen molar-refractivity contribution in [3.63, 3.8) is 0 Å². The molecule has 1 aromatic carbocycles. The molecule has 0 aromatic heterocycles. The van der Waals surface area contributed by atoms with E-state index in [9.17, 15) is 4.39 Å². The van der Waals surface area contributed by atoms with Crippen LogP contribution in [0.25, 0.3) is 0 Å². The van der Waals surface area contributed by atoms with Gasteiger partial charge in [0, 0.05) is 31.2 Å². The lowest BCUT2D eigenvalue weighted by Crippen LogP contribution is -2.16. The number of ether oxygens (including phenoxy) is 1. The zero-order chi connectivity index (χ0) is 12.1. The number of halogens is 1. The molecule has 0 amide bonds. The summed E-state index contributed by atoms with van der Waals surface area (Å²) < 4.78 is 19.0. The van der Waals surface area contributed by atoms with Crippen molar-refractivity contribution in [1.29, 1.82) is 0 Å². The summed E-state index contributed by atoms with van der Waals surface area (Å²) in [5.74, 6) is -0.0212. The maximum Gasteiger partial charge on any atom is 0.165 e. The van der Waals surface area contributed by atoms with Crippen LogP contribution in [0.4, 0.5) is 4.39 Å². The lowest BCUT2D eigenvalue weighted by molar-refractivity contribution is 0.227. The Balaban J connectivity index is 1.98. The van der Waals surface area contributed by atoms with E-state index in [-0.39, 0.29) is 12.4 Å². The first kappa shape index (κ1) is 12.3. The van der Waals surface area contributed by atoms with Crippen molar-refractivity contribution >= 4 is 0 Å². The second-order valence-corrected chi connectivity index (χ2v) is 4.31. The summed E-state index contributed by atoms with van der Waals surface area (Å²) in [4.78, 5) is 0. The maximum atomic E-state index is 13.6. The fraction of sp³-hybridized carbons (Fsp3) is 0.538. The van der Waals surface area contributed by atoms with Gasteiger partial charge in [-0.3, -0.25) is 0 Å². The van der Waals surface area contributed by atoms with E-state index in [1.54, 1.807) is 6.07 Å². The minimum atomic E-state index is -0.335. The molecule has 0 spiro atoms. The Kier molecular flexibility index (Phi) is 4.34. The number of rotatable bonds is 7. The van der Waals surface area contributed by atoms with Crippen LogP contribution in [0.2, 0.25) is 0 Å². The van der Waals surface area contributed by atoms with Crippen LogP contribution in [0.1, 0.15) is 24.8 Å². The van der Waals surface area contributed by atoms with Gasteiger partial charge in [-0.05, 0) is 18.9 Å². The van der Waals surface area contributed by atoms with Crippen molar-refractivity contribution in [3.05, 3.63) is 29.6 Å². The van der Waals surface area contributed by atoms with Crippen molar-refractivity contribution in [3.8, 4) is 5.75 Å². The number of hydrogen-bond acceptors (Lipinski definition) is 3. The summed E-state index contributed by atoms with van der Waals surface area (Å²) in [6.07, 6.45) is 2.93. The third kappa shape index (κ3) is 3.68. The second-order valence-electron chi connectivity index (χ2n) is 4.31. The van der Waals surface area contributed by atoms with E-state index in [4.69, 9.17) is 9.84 Å². The number of nitrogens with one attached hydrogen (secondary N) is 1. The average Bonchev–Trinajstić information content (AvgIpc) is 3.13. The van der Waals surface area contributed by atoms with Gasteiger partial charge in [0.15, 0.2) is 11.6 Å². The molecular formula is C13H18FNO2. The van der Waals surface area contributed by atoms with Gasteiger partial charge in [0.2, 0.25) is 0 Å². The first-order valence-corrected chi connectivity index (χ1v) is 6.05. The molecule has 2 N–H and O–H groups in total. The van der Waals surface area contributed by atoms with Gasteiger partial charge in [0.25, 0.3) is 0 Å². The Morgan fingerprint density at radius 1 is 1.41 bits per heavy atom. The summed E-state index contributed by atoms with van der Waals surface area (Å²) in [5.41, 5.74) is 0.842.